The molecule has 1 saturated carbocycles. The van der Waals surface area contributed by atoms with Crippen molar-refractivity contribution in [1.29, 1.82) is 0 Å². The van der Waals surface area contributed by atoms with Gasteiger partial charge in [-0.05, 0) is 30.5 Å². The number of hydrogen-bond donors (Lipinski definition) is 1. The molecule has 0 amide bonds. The van der Waals surface area contributed by atoms with E-state index in [2.05, 4.69) is 4.99 Å². The SMILES string of the molecule is COc1cc(F)cc(CN=C(N)N(C)C2CC2)c1.I. The van der Waals surface area contributed by atoms with Crippen molar-refractivity contribution in [3.63, 3.8) is 0 Å². The molecule has 0 aromatic heterocycles. The number of rotatable bonds is 4. The van der Waals surface area contributed by atoms with E-state index < -0.39 is 0 Å². The van der Waals surface area contributed by atoms with E-state index in [0.29, 0.717) is 24.3 Å². The third-order valence-electron chi connectivity index (χ3n) is 3.05. The molecule has 1 aromatic rings. The van der Waals surface area contributed by atoms with Crippen molar-refractivity contribution in [3.8, 4) is 5.75 Å². The Bertz CT molecular complexity index is 463. The topological polar surface area (TPSA) is 50.9 Å². The predicted molar refractivity (Wildman–Crippen MR) is 84.5 cm³/mol. The highest BCUT2D eigenvalue weighted by Crippen LogP contribution is 2.25. The number of methoxy groups -OCH3 is 1. The van der Waals surface area contributed by atoms with Crippen molar-refractivity contribution in [2.24, 2.45) is 10.7 Å². The summed E-state index contributed by atoms with van der Waals surface area (Å²) in [7, 11) is 3.44. The molecule has 0 unspecified atom stereocenters. The average Bonchev–Trinajstić information content (AvgIpc) is 3.18. The van der Waals surface area contributed by atoms with Crippen LogP contribution in [-0.4, -0.2) is 31.1 Å². The Morgan fingerprint density at radius 3 is 2.74 bits per heavy atom. The molecule has 106 valence electrons. The summed E-state index contributed by atoms with van der Waals surface area (Å²) in [5, 5.41) is 0. The van der Waals surface area contributed by atoms with Crippen LogP contribution in [0.5, 0.6) is 5.75 Å². The summed E-state index contributed by atoms with van der Waals surface area (Å²) < 4.78 is 18.3. The van der Waals surface area contributed by atoms with Gasteiger partial charge >= 0.3 is 0 Å². The lowest BCUT2D eigenvalue weighted by atomic mass is 10.2. The Kier molecular flexibility index (Phi) is 5.84. The number of halogens is 2. The Hall–Kier alpha value is -1.05. The molecule has 1 fully saturated rings. The van der Waals surface area contributed by atoms with Gasteiger partial charge in [-0.25, -0.2) is 9.38 Å². The molecule has 0 heterocycles. The van der Waals surface area contributed by atoms with Gasteiger partial charge in [0.15, 0.2) is 5.96 Å². The van der Waals surface area contributed by atoms with E-state index in [-0.39, 0.29) is 29.8 Å². The van der Waals surface area contributed by atoms with Crippen LogP contribution >= 0.6 is 24.0 Å². The fraction of sp³-hybridized carbons (Fsp3) is 0.462. The van der Waals surface area contributed by atoms with E-state index in [0.717, 1.165) is 5.56 Å². The zero-order chi connectivity index (χ0) is 13.1. The van der Waals surface area contributed by atoms with Crippen LogP contribution < -0.4 is 10.5 Å². The number of hydrogen-bond acceptors (Lipinski definition) is 2. The first-order chi connectivity index (χ1) is 8.60. The lowest BCUT2D eigenvalue weighted by molar-refractivity contribution is 0.410. The molecule has 1 aliphatic rings. The van der Waals surface area contributed by atoms with Crippen molar-refractivity contribution in [3.05, 3.63) is 29.6 Å². The van der Waals surface area contributed by atoms with Crippen molar-refractivity contribution >= 4 is 29.9 Å². The maximum Gasteiger partial charge on any atom is 0.191 e. The quantitative estimate of drug-likeness (QED) is 0.497. The lowest BCUT2D eigenvalue weighted by Gasteiger charge is -2.16. The molecule has 6 heteroatoms. The molecule has 0 aliphatic heterocycles. The van der Waals surface area contributed by atoms with Gasteiger partial charge in [-0.2, -0.15) is 0 Å². The fourth-order valence-electron chi connectivity index (χ4n) is 1.76. The van der Waals surface area contributed by atoms with Crippen LogP contribution in [-0.2, 0) is 6.54 Å². The molecule has 4 nitrogen and oxygen atoms in total. The van der Waals surface area contributed by atoms with E-state index in [4.69, 9.17) is 10.5 Å². The molecular formula is C13H19FIN3O. The van der Waals surface area contributed by atoms with E-state index in [1.165, 1.54) is 32.1 Å². The number of ether oxygens (including phenoxy) is 1. The number of aliphatic imine (C=N–C) groups is 1. The number of guanidine groups is 1. The van der Waals surface area contributed by atoms with Crippen LogP contribution in [0.2, 0.25) is 0 Å². The third kappa shape index (κ3) is 4.52. The summed E-state index contributed by atoms with van der Waals surface area (Å²) in [4.78, 5) is 6.24. The maximum atomic E-state index is 13.3. The summed E-state index contributed by atoms with van der Waals surface area (Å²) in [6, 6.07) is 5.07. The molecule has 0 bridgehead atoms. The van der Waals surface area contributed by atoms with Crippen LogP contribution in [0.4, 0.5) is 4.39 Å². The molecule has 0 atom stereocenters. The minimum Gasteiger partial charge on any atom is -0.497 e. The lowest BCUT2D eigenvalue weighted by Crippen LogP contribution is -2.35. The minimum absolute atomic E-state index is 0. The van der Waals surface area contributed by atoms with Crippen LogP contribution in [0.15, 0.2) is 23.2 Å². The fourth-order valence-corrected chi connectivity index (χ4v) is 1.76. The molecule has 1 aromatic carbocycles. The standard InChI is InChI=1S/C13H18FN3O.HI/c1-17(11-3-4-11)13(15)16-8-9-5-10(14)7-12(6-9)18-2;/h5-7,11H,3-4,8H2,1-2H3,(H2,15,16);1H. The van der Waals surface area contributed by atoms with Gasteiger partial charge in [-0.3, -0.25) is 0 Å². The highest BCUT2D eigenvalue weighted by atomic mass is 127. The second-order valence-electron chi connectivity index (χ2n) is 4.52. The molecule has 0 radical (unpaired) electrons. The molecule has 1 aliphatic carbocycles. The van der Waals surface area contributed by atoms with E-state index in [1.807, 2.05) is 11.9 Å². The second kappa shape index (κ2) is 6.93. The first kappa shape index (κ1) is 16.0. The van der Waals surface area contributed by atoms with Crippen molar-refractivity contribution in [1.82, 2.24) is 4.90 Å². The van der Waals surface area contributed by atoms with Crippen LogP contribution in [0.3, 0.4) is 0 Å². The summed E-state index contributed by atoms with van der Waals surface area (Å²) >= 11 is 0. The number of nitrogens with zero attached hydrogens (tertiary/aromatic N) is 2. The smallest absolute Gasteiger partial charge is 0.191 e. The number of nitrogens with two attached hydrogens (primary N) is 1. The average molecular weight is 379 g/mol. The van der Waals surface area contributed by atoms with Gasteiger partial charge in [0.25, 0.3) is 0 Å². The van der Waals surface area contributed by atoms with Crippen molar-refractivity contribution < 1.29 is 9.13 Å². The molecule has 19 heavy (non-hydrogen) atoms. The van der Waals surface area contributed by atoms with E-state index >= 15 is 0 Å². The Balaban J connectivity index is 0.00000180. The van der Waals surface area contributed by atoms with Crippen molar-refractivity contribution in [2.75, 3.05) is 14.2 Å². The van der Waals surface area contributed by atoms with Gasteiger partial charge in [0, 0.05) is 19.2 Å². The zero-order valence-corrected chi connectivity index (χ0v) is 13.4. The summed E-state index contributed by atoms with van der Waals surface area (Å²) in [6.07, 6.45) is 2.33. The van der Waals surface area contributed by atoms with Crippen molar-refractivity contribution in [2.45, 2.75) is 25.4 Å². The first-order valence-corrected chi connectivity index (χ1v) is 5.96. The van der Waals surface area contributed by atoms with E-state index in [1.54, 1.807) is 6.07 Å². The third-order valence-corrected chi connectivity index (χ3v) is 3.05. The monoisotopic (exact) mass is 379 g/mol. The van der Waals surface area contributed by atoms with Gasteiger partial charge in [0.1, 0.15) is 11.6 Å². The minimum atomic E-state index is -0.325. The maximum absolute atomic E-state index is 13.3. The van der Waals surface area contributed by atoms with Gasteiger partial charge < -0.3 is 15.4 Å². The highest BCUT2D eigenvalue weighted by molar-refractivity contribution is 14.0. The summed E-state index contributed by atoms with van der Waals surface area (Å²) in [5.41, 5.74) is 6.61. The van der Waals surface area contributed by atoms with Gasteiger partial charge in [-0.15, -0.1) is 24.0 Å². The molecule has 2 N–H and O–H groups in total. The first-order valence-electron chi connectivity index (χ1n) is 5.96. The van der Waals surface area contributed by atoms with E-state index in [9.17, 15) is 4.39 Å². The molecular weight excluding hydrogens is 360 g/mol. The highest BCUT2D eigenvalue weighted by Gasteiger charge is 2.27. The van der Waals surface area contributed by atoms with Gasteiger partial charge in [0.2, 0.25) is 0 Å². The Morgan fingerprint density at radius 1 is 1.47 bits per heavy atom. The zero-order valence-electron chi connectivity index (χ0n) is 11.1. The van der Waals surface area contributed by atoms with Crippen LogP contribution in [0.1, 0.15) is 18.4 Å². The van der Waals surface area contributed by atoms with Crippen LogP contribution in [0.25, 0.3) is 0 Å². The van der Waals surface area contributed by atoms with Crippen LogP contribution in [0, 0.1) is 5.82 Å². The molecule has 0 spiro atoms. The Labute approximate surface area is 129 Å². The second-order valence-corrected chi connectivity index (χ2v) is 4.52. The summed E-state index contributed by atoms with van der Waals surface area (Å²) in [5.74, 6) is 0.670. The molecule has 0 saturated heterocycles. The Morgan fingerprint density at radius 2 is 2.16 bits per heavy atom. The normalized spacial score (nSPS) is 14.8. The summed E-state index contributed by atoms with van der Waals surface area (Å²) in [6.45, 7) is 0.358. The predicted octanol–water partition coefficient (Wildman–Crippen LogP) is 2.36. The van der Waals surface area contributed by atoms with Gasteiger partial charge in [-0.1, -0.05) is 0 Å². The molecule has 2 rings (SSSR count). The largest absolute Gasteiger partial charge is 0.497 e. The van der Waals surface area contributed by atoms with Gasteiger partial charge in [0.05, 0.1) is 13.7 Å². The number of benzene rings is 1.